The molecular formula is C19H19N3O4S. The maximum atomic E-state index is 12.9. The molecule has 0 saturated carbocycles. The number of nitrogens with zero attached hydrogens (tertiary/aromatic N) is 1. The van der Waals surface area contributed by atoms with Crippen LogP contribution in [0.25, 0.3) is 6.08 Å². The molecule has 2 aromatic rings. The Balaban J connectivity index is 1.80. The van der Waals surface area contributed by atoms with Crippen molar-refractivity contribution in [3.05, 3.63) is 53.6 Å². The first-order valence-electron chi connectivity index (χ1n) is 8.38. The van der Waals surface area contributed by atoms with E-state index in [1.54, 1.807) is 20.0 Å². The molecule has 4 rings (SSSR count). The van der Waals surface area contributed by atoms with E-state index in [1.807, 2.05) is 35.2 Å². The normalized spacial score (nSPS) is 21.5. The van der Waals surface area contributed by atoms with Gasteiger partial charge in [0.25, 0.3) is 0 Å². The third-order valence-corrected chi connectivity index (χ3v) is 6.19. The van der Waals surface area contributed by atoms with Crippen LogP contribution in [-0.4, -0.2) is 33.5 Å². The molecule has 2 aliphatic rings. The molecular weight excluding hydrogens is 366 g/mol. The van der Waals surface area contributed by atoms with Crippen LogP contribution in [0.4, 0.5) is 11.4 Å². The van der Waals surface area contributed by atoms with Crippen molar-refractivity contribution in [2.24, 2.45) is 5.14 Å². The van der Waals surface area contributed by atoms with Crippen LogP contribution < -0.4 is 20.1 Å². The Morgan fingerprint density at radius 3 is 2.70 bits per heavy atom. The van der Waals surface area contributed by atoms with Gasteiger partial charge in [-0.15, -0.1) is 0 Å². The molecule has 0 fully saturated rings. The summed E-state index contributed by atoms with van der Waals surface area (Å²) < 4.78 is 28.7. The maximum Gasteiger partial charge on any atom is 0.341 e. The monoisotopic (exact) mass is 385 g/mol. The minimum atomic E-state index is -3.89. The van der Waals surface area contributed by atoms with Crippen molar-refractivity contribution in [3.63, 3.8) is 0 Å². The van der Waals surface area contributed by atoms with E-state index in [2.05, 4.69) is 5.32 Å². The van der Waals surface area contributed by atoms with Gasteiger partial charge in [0.05, 0.1) is 10.6 Å². The first kappa shape index (κ1) is 17.6. The van der Waals surface area contributed by atoms with E-state index in [0.29, 0.717) is 12.2 Å². The number of ether oxygens (including phenoxy) is 1. The summed E-state index contributed by atoms with van der Waals surface area (Å²) in [5.74, 6) is -0.298. The second-order valence-corrected chi connectivity index (χ2v) is 8.37. The highest BCUT2D eigenvalue weighted by atomic mass is 32.2. The van der Waals surface area contributed by atoms with Crippen molar-refractivity contribution in [1.82, 2.24) is 0 Å². The van der Waals surface area contributed by atoms with E-state index < -0.39 is 21.5 Å². The molecule has 2 aliphatic heterocycles. The number of nitrogens with two attached hydrogens (primary N) is 1. The summed E-state index contributed by atoms with van der Waals surface area (Å²) >= 11 is 0. The van der Waals surface area contributed by atoms with Crippen molar-refractivity contribution >= 4 is 33.4 Å². The molecule has 0 amide bonds. The van der Waals surface area contributed by atoms with E-state index in [9.17, 15) is 13.2 Å². The van der Waals surface area contributed by atoms with Gasteiger partial charge in [-0.05, 0) is 42.3 Å². The fourth-order valence-corrected chi connectivity index (χ4v) is 4.01. The van der Waals surface area contributed by atoms with E-state index in [4.69, 9.17) is 9.88 Å². The minimum absolute atomic E-state index is 0.0986. The molecule has 0 radical (unpaired) electrons. The van der Waals surface area contributed by atoms with Gasteiger partial charge in [-0.1, -0.05) is 18.2 Å². The number of hydrogen-bond donors (Lipinski definition) is 2. The molecule has 27 heavy (non-hydrogen) atoms. The van der Waals surface area contributed by atoms with Crippen molar-refractivity contribution in [3.8, 4) is 5.75 Å². The maximum absolute atomic E-state index is 12.9. The molecule has 7 nitrogen and oxygen atoms in total. The van der Waals surface area contributed by atoms with Gasteiger partial charge in [-0.3, -0.25) is 0 Å². The highest BCUT2D eigenvalue weighted by Gasteiger charge is 2.47. The average molecular weight is 385 g/mol. The Kier molecular flexibility index (Phi) is 3.79. The highest BCUT2D eigenvalue weighted by molar-refractivity contribution is 7.89. The van der Waals surface area contributed by atoms with E-state index in [0.717, 1.165) is 16.8 Å². The minimum Gasteiger partial charge on any atom is -0.422 e. The number of anilines is 2. The fraction of sp³-hybridized carbons (Fsp3) is 0.211. The van der Waals surface area contributed by atoms with Crippen LogP contribution in [0.1, 0.15) is 12.5 Å². The quantitative estimate of drug-likeness (QED) is 0.605. The van der Waals surface area contributed by atoms with Gasteiger partial charge >= 0.3 is 5.97 Å². The Labute approximate surface area is 157 Å². The van der Waals surface area contributed by atoms with Gasteiger partial charge in [-0.2, -0.15) is 0 Å². The van der Waals surface area contributed by atoms with E-state index in [1.165, 1.54) is 12.1 Å². The lowest BCUT2D eigenvalue weighted by atomic mass is 9.85. The summed E-state index contributed by atoms with van der Waals surface area (Å²) in [5, 5.41) is 8.51. The van der Waals surface area contributed by atoms with Crippen molar-refractivity contribution in [2.75, 3.05) is 23.8 Å². The van der Waals surface area contributed by atoms with Crippen molar-refractivity contribution in [1.29, 1.82) is 0 Å². The summed E-state index contributed by atoms with van der Waals surface area (Å²) in [6, 6.07) is 12.1. The van der Waals surface area contributed by atoms with E-state index >= 15 is 0 Å². The topological polar surface area (TPSA) is 102 Å². The molecule has 0 bridgehead atoms. The first-order chi connectivity index (χ1) is 12.7. The zero-order chi connectivity index (χ0) is 19.4. The number of primary sulfonamides is 1. The van der Waals surface area contributed by atoms with Gasteiger partial charge in [0, 0.05) is 25.3 Å². The average Bonchev–Trinajstić information content (AvgIpc) is 2.64. The molecule has 1 atom stereocenters. The number of benzene rings is 2. The highest BCUT2D eigenvalue weighted by Crippen LogP contribution is 2.43. The SMILES string of the molecule is CN1c2ccc(S(N)(=O)=O)cc2OC(=O)C1(C)C1=Cc2ccccc2NC1. The van der Waals surface area contributed by atoms with Crippen LogP contribution in [0.2, 0.25) is 0 Å². The predicted molar refractivity (Wildman–Crippen MR) is 103 cm³/mol. The van der Waals surface area contributed by atoms with Crippen molar-refractivity contribution < 1.29 is 17.9 Å². The molecule has 2 aromatic carbocycles. The number of carbonyl (C=O) groups is 1. The zero-order valence-corrected chi connectivity index (χ0v) is 15.7. The van der Waals surface area contributed by atoms with Crippen LogP contribution in [0.3, 0.4) is 0 Å². The molecule has 2 heterocycles. The summed E-state index contributed by atoms with van der Waals surface area (Å²) in [6.45, 7) is 2.30. The van der Waals surface area contributed by atoms with Crippen LogP contribution in [0.5, 0.6) is 5.75 Å². The Bertz CT molecular complexity index is 1090. The van der Waals surface area contributed by atoms with Crippen LogP contribution >= 0.6 is 0 Å². The molecule has 1 unspecified atom stereocenters. The number of fused-ring (bicyclic) bond motifs is 2. The number of esters is 1. The van der Waals surface area contributed by atoms with E-state index in [-0.39, 0.29) is 10.6 Å². The number of nitrogens with one attached hydrogen (secondary N) is 1. The molecule has 0 aromatic heterocycles. The smallest absolute Gasteiger partial charge is 0.341 e. The number of hydrogen-bond acceptors (Lipinski definition) is 6. The number of carbonyl (C=O) groups excluding carboxylic acids is 1. The number of likely N-dealkylation sites (N-methyl/N-ethyl adjacent to an activating group) is 1. The Hall–Kier alpha value is -2.84. The molecule has 0 spiro atoms. The Morgan fingerprint density at radius 2 is 1.96 bits per heavy atom. The number of para-hydroxylation sites is 1. The molecule has 140 valence electrons. The largest absolute Gasteiger partial charge is 0.422 e. The standard InChI is InChI=1S/C19H19N3O4S/c1-19(13-9-12-5-3-4-6-15(12)21-11-13)18(23)26-17-10-14(27(20,24)25)7-8-16(17)22(19)2/h3-10,21H,11H2,1-2H3,(H2,20,24,25). The summed E-state index contributed by atoms with van der Waals surface area (Å²) in [7, 11) is -2.10. The third kappa shape index (κ3) is 2.68. The van der Waals surface area contributed by atoms with Gasteiger partial charge < -0.3 is 15.0 Å². The van der Waals surface area contributed by atoms with Crippen LogP contribution in [0.15, 0.2) is 52.9 Å². The van der Waals surface area contributed by atoms with Gasteiger partial charge in [-0.25, -0.2) is 18.4 Å². The van der Waals surface area contributed by atoms with Gasteiger partial charge in [0.2, 0.25) is 10.0 Å². The lowest BCUT2D eigenvalue weighted by Gasteiger charge is -2.44. The van der Waals surface area contributed by atoms with Gasteiger partial charge in [0.15, 0.2) is 11.3 Å². The second-order valence-electron chi connectivity index (χ2n) is 6.81. The molecule has 3 N–H and O–H groups in total. The lowest BCUT2D eigenvalue weighted by molar-refractivity contribution is -0.139. The zero-order valence-electron chi connectivity index (χ0n) is 14.9. The number of rotatable bonds is 2. The Morgan fingerprint density at radius 1 is 1.22 bits per heavy atom. The summed E-state index contributed by atoms with van der Waals surface area (Å²) in [4.78, 5) is 14.7. The molecule has 0 saturated heterocycles. The van der Waals surface area contributed by atoms with Crippen LogP contribution in [-0.2, 0) is 14.8 Å². The van der Waals surface area contributed by atoms with Crippen molar-refractivity contribution in [2.45, 2.75) is 17.4 Å². The predicted octanol–water partition coefficient (Wildman–Crippen LogP) is 1.96. The summed E-state index contributed by atoms with van der Waals surface area (Å²) in [5.41, 5.74) is 2.45. The second kappa shape index (κ2) is 5.83. The van der Waals surface area contributed by atoms with Crippen LogP contribution in [0, 0.1) is 0 Å². The van der Waals surface area contributed by atoms with Gasteiger partial charge in [0.1, 0.15) is 0 Å². The number of sulfonamides is 1. The molecule has 0 aliphatic carbocycles. The molecule has 8 heteroatoms. The lowest BCUT2D eigenvalue weighted by Crippen LogP contribution is -2.58. The third-order valence-electron chi connectivity index (χ3n) is 5.28. The fourth-order valence-electron chi connectivity index (χ4n) is 3.48. The summed E-state index contributed by atoms with van der Waals surface area (Å²) in [6.07, 6.45) is 1.99. The first-order valence-corrected chi connectivity index (χ1v) is 9.93.